The molecule has 1 aromatic heterocycles. The van der Waals surface area contributed by atoms with Crippen molar-refractivity contribution in [2.24, 2.45) is 0 Å². The van der Waals surface area contributed by atoms with Crippen LogP contribution in [0.4, 0.5) is 26.3 Å². The Balaban J connectivity index is 2.00. The second-order valence-corrected chi connectivity index (χ2v) is 6.18. The molecule has 0 bridgehead atoms. The average Bonchev–Trinajstić information content (AvgIpc) is 2.54. The summed E-state index contributed by atoms with van der Waals surface area (Å²) in [7, 11) is 0. The molecule has 154 valence electrons. The van der Waals surface area contributed by atoms with E-state index in [1.807, 2.05) is 0 Å². The van der Waals surface area contributed by atoms with Crippen LogP contribution in [0.1, 0.15) is 17.5 Å². The van der Waals surface area contributed by atoms with Crippen molar-refractivity contribution in [1.82, 2.24) is 4.98 Å². The molecule has 0 spiro atoms. The van der Waals surface area contributed by atoms with Crippen LogP contribution in [0.25, 0.3) is 0 Å². The molecule has 1 aromatic carbocycles. The minimum Gasteiger partial charge on any atom is -0.508 e. The van der Waals surface area contributed by atoms with Gasteiger partial charge in [0.15, 0.2) is 5.75 Å². The van der Waals surface area contributed by atoms with E-state index in [1.165, 1.54) is 12.1 Å². The predicted octanol–water partition coefficient (Wildman–Crippen LogP) is 5.98. The molecule has 0 aliphatic rings. The number of rotatable bonds is 6. The van der Waals surface area contributed by atoms with Gasteiger partial charge in [0, 0.05) is 24.8 Å². The summed E-state index contributed by atoms with van der Waals surface area (Å²) >= 11 is 11.7. The van der Waals surface area contributed by atoms with Gasteiger partial charge in [-0.3, -0.25) is 0 Å². The molecule has 2 rings (SSSR count). The summed E-state index contributed by atoms with van der Waals surface area (Å²) in [6.45, 7) is -0.402. The molecule has 0 fully saturated rings. The lowest BCUT2D eigenvalue weighted by molar-refractivity contribution is -0.144. The summed E-state index contributed by atoms with van der Waals surface area (Å²) in [5.41, 5.74) is -3.17. The number of phenols is 1. The molecule has 0 atom stereocenters. The molecule has 2 aromatic rings. The molecule has 28 heavy (non-hydrogen) atoms. The summed E-state index contributed by atoms with van der Waals surface area (Å²) in [5, 5.41) is 9.35. The van der Waals surface area contributed by atoms with Gasteiger partial charge in [0.25, 0.3) is 0 Å². The van der Waals surface area contributed by atoms with Crippen LogP contribution in [-0.2, 0) is 12.4 Å². The maximum atomic E-state index is 13.0. The minimum atomic E-state index is -5.08. The van der Waals surface area contributed by atoms with Crippen molar-refractivity contribution in [3.05, 3.63) is 45.6 Å². The fourth-order valence-corrected chi connectivity index (χ4v) is 2.60. The third-order valence-electron chi connectivity index (χ3n) is 3.24. The number of ether oxygens (including phenoxy) is 2. The topological polar surface area (TPSA) is 51.6 Å². The number of halogens is 8. The second kappa shape index (κ2) is 8.52. The van der Waals surface area contributed by atoms with Crippen LogP contribution >= 0.6 is 23.2 Å². The van der Waals surface area contributed by atoms with Gasteiger partial charge in [-0.2, -0.15) is 26.3 Å². The Hall–Kier alpha value is -2.07. The van der Waals surface area contributed by atoms with Gasteiger partial charge in [0.1, 0.15) is 11.3 Å². The largest absolute Gasteiger partial charge is 0.508 e. The van der Waals surface area contributed by atoms with Gasteiger partial charge in [0.2, 0.25) is 5.88 Å². The standard InChI is InChI=1S/C16H11Cl2F6NO3/c17-11-5-9(26)6-12(18)13(11)27-2-1-3-28-14-10(16(22,23)24)4-8(7-25-14)15(19,20)21/h4-7,26H,1-3H2. The van der Waals surface area contributed by atoms with Crippen molar-refractivity contribution in [3.63, 3.8) is 0 Å². The number of hydrogen-bond donors (Lipinski definition) is 1. The highest BCUT2D eigenvalue weighted by atomic mass is 35.5. The summed E-state index contributed by atoms with van der Waals surface area (Å²) in [6.07, 6.45) is -9.74. The van der Waals surface area contributed by atoms with Crippen LogP contribution in [-0.4, -0.2) is 23.3 Å². The highest BCUT2D eigenvalue weighted by Gasteiger charge is 2.39. The number of phenolic OH excluding ortho intramolecular Hbond substituents is 1. The normalized spacial score (nSPS) is 12.1. The third kappa shape index (κ3) is 5.71. The van der Waals surface area contributed by atoms with Crippen molar-refractivity contribution in [2.75, 3.05) is 13.2 Å². The number of pyridine rings is 1. The Morgan fingerprint density at radius 2 is 1.46 bits per heavy atom. The molecular weight excluding hydrogens is 439 g/mol. The zero-order valence-electron chi connectivity index (χ0n) is 13.7. The first-order valence-corrected chi connectivity index (χ1v) is 8.23. The first-order chi connectivity index (χ1) is 12.9. The van der Waals surface area contributed by atoms with Crippen LogP contribution in [0.3, 0.4) is 0 Å². The summed E-state index contributed by atoms with van der Waals surface area (Å²) in [5.74, 6) is -1.09. The van der Waals surface area contributed by atoms with E-state index >= 15 is 0 Å². The predicted molar refractivity (Wildman–Crippen MR) is 88.0 cm³/mol. The van der Waals surface area contributed by atoms with Gasteiger partial charge >= 0.3 is 12.4 Å². The van der Waals surface area contributed by atoms with Crippen molar-refractivity contribution in [1.29, 1.82) is 0 Å². The lowest BCUT2D eigenvalue weighted by Gasteiger charge is -2.15. The number of benzene rings is 1. The van der Waals surface area contributed by atoms with Crippen molar-refractivity contribution >= 4 is 23.2 Å². The fourth-order valence-electron chi connectivity index (χ4n) is 2.01. The van der Waals surface area contributed by atoms with E-state index in [0.717, 1.165) is 0 Å². The molecule has 0 aliphatic heterocycles. The zero-order valence-corrected chi connectivity index (χ0v) is 15.2. The Morgan fingerprint density at radius 3 is 2.00 bits per heavy atom. The van der Waals surface area contributed by atoms with Crippen LogP contribution in [0, 0.1) is 0 Å². The van der Waals surface area contributed by atoms with E-state index in [-0.39, 0.29) is 53.4 Å². The molecule has 0 unspecified atom stereocenters. The van der Waals surface area contributed by atoms with E-state index in [4.69, 9.17) is 32.7 Å². The Morgan fingerprint density at radius 1 is 0.893 bits per heavy atom. The van der Waals surface area contributed by atoms with E-state index in [1.54, 1.807) is 0 Å². The first-order valence-electron chi connectivity index (χ1n) is 7.47. The van der Waals surface area contributed by atoms with E-state index in [2.05, 4.69) is 4.98 Å². The number of alkyl halides is 6. The highest BCUT2D eigenvalue weighted by molar-refractivity contribution is 6.37. The van der Waals surface area contributed by atoms with Crippen molar-refractivity contribution in [3.8, 4) is 17.4 Å². The number of aromatic nitrogens is 1. The quantitative estimate of drug-likeness (QED) is 0.435. The Labute approximate surface area is 164 Å². The van der Waals surface area contributed by atoms with Crippen LogP contribution < -0.4 is 9.47 Å². The number of hydrogen-bond acceptors (Lipinski definition) is 4. The molecule has 0 saturated carbocycles. The number of aromatic hydroxyl groups is 1. The summed E-state index contributed by atoms with van der Waals surface area (Å²) in [4.78, 5) is 3.13. The summed E-state index contributed by atoms with van der Waals surface area (Å²) in [6, 6.07) is 2.30. The van der Waals surface area contributed by atoms with Crippen LogP contribution in [0.5, 0.6) is 17.4 Å². The van der Waals surface area contributed by atoms with Gasteiger partial charge in [-0.25, -0.2) is 4.98 Å². The van der Waals surface area contributed by atoms with Crippen LogP contribution in [0.15, 0.2) is 24.4 Å². The second-order valence-electron chi connectivity index (χ2n) is 5.36. The van der Waals surface area contributed by atoms with Gasteiger partial charge in [0.05, 0.1) is 28.8 Å². The lowest BCUT2D eigenvalue weighted by atomic mass is 10.2. The minimum absolute atomic E-state index is 0.0229. The Bertz CT molecular complexity index is 819. The molecule has 0 amide bonds. The lowest BCUT2D eigenvalue weighted by Crippen LogP contribution is -2.15. The van der Waals surface area contributed by atoms with Crippen LogP contribution in [0.2, 0.25) is 10.0 Å². The van der Waals surface area contributed by atoms with Gasteiger partial charge < -0.3 is 14.6 Å². The van der Waals surface area contributed by atoms with E-state index in [0.29, 0.717) is 0 Å². The third-order valence-corrected chi connectivity index (χ3v) is 3.80. The van der Waals surface area contributed by atoms with Gasteiger partial charge in [-0.05, 0) is 6.07 Å². The molecule has 0 radical (unpaired) electrons. The highest BCUT2D eigenvalue weighted by Crippen LogP contribution is 2.39. The number of nitrogens with zero attached hydrogens (tertiary/aromatic N) is 1. The first kappa shape index (κ1) is 22.2. The molecule has 0 saturated heterocycles. The zero-order chi connectivity index (χ0) is 21.1. The van der Waals surface area contributed by atoms with Crippen molar-refractivity contribution in [2.45, 2.75) is 18.8 Å². The molecular formula is C16H11Cl2F6NO3. The molecule has 4 nitrogen and oxygen atoms in total. The molecule has 12 heteroatoms. The maximum Gasteiger partial charge on any atom is 0.421 e. The molecule has 0 aliphatic carbocycles. The monoisotopic (exact) mass is 449 g/mol. The van der Waals surface area contributed by atoms with Crippen molar-refractivity contribution < 1.29 is 40.9 Å². The van der Waals surface area contributed by atoms with E-state index in [9.17, 15) is 31.4 Å². The van der Waals surface area contributed by atoms with E-state index < -0.39 is 29.4 Å². The maximum absolute atomic E-state index is 13.0. The summed E-state index contributed by atoms with van der Waals surface area (Å²) < 4.78 is 86.8. The van der Waals surface area contributed by atoms with Gasteiger partial charge in [-0.15, -0.1) is 0 Å². The smallest absolute Gasteiger partial charge is 0.421 e. The average molecular weight is 450 g/mol. The fraction of sp³-hybridized carbons (Fsp3) is 0.312. The Kier molecular flexibility index (Phi) is 6.76. The molecule has 1 N–H and O–H groups in total. The SMILES string of the molecule is Oc1cc(Cl)c(OCCCOc2ncc(C(F)(F)F)cc2C(F)(F)F)c(Cl)c1. The van der Waals surface area contributed by atoms with Gasteiger partial charge in [-0.1, -0.05) is 23.2 Å². The molecule has 1 heterocycles.